The lowest BCUT2D eigenvalue weighted by molar-refractivity contribution is -0.131. The summed E-state index contributed by atoms with van der Waals surface area (Å²) in [7, 11) is 0. The first-order valence-electron chi connectivity index (χ1n) is 9.72. The largest absolute Gasteiger partial charge is 0.487 e. The third-order valence-corrected chi connectivity index (χ3v) is 5.95. The van der Waals surface area contributed by atoms with Crippen LogP contribution >= 0.6 is 11.6 Å². The lowest BCUT2D eigenvalue weighted by atomic mass is 9.98. The summed E-state index contributed by atoms with van der Waals surface area (Å²) in [6.07, 6.45) is 0.540. The van der Waals surface area contributed by atoms with E-state index in [1.807, 2.05) is 35.2 Å². The van der Waals surface area contributed by atoms with E-state index in [-0.39, 0.29) is 18.4 Å². The minimum atomic E-state index is -0.783. The second-order valence-electron chi connectivity index (χ2n) is 7.59. The first kappa shape index (κ1) is 19.0. The molecular weight excluding hydrogens is 406 g/mol. The Morgan fingerprint density at radius 1 is 1.33 bits per heavy atom. The minimum Gasteiger partial charge on any atom is -0.487 e. The lowest BCUT2D eigenvalue weighted by Gasteiger charge is -2.44. The molecule has 1 amide bonds. The maximum Gasteiger partial charge on any atom is 0.245 e. The van der Waals surface area contributed by atoms with Crippen molar-refractivity contribution in [3.63, 3.8) is 0 Å². The van der Waals surface area contributed by atoms with Crippen molar-refractivity contribution in [2.75, 3.05) is 31.1 Å². The number of anilines is 1. The zero-order chi connectivity index (χ0) is 20.8. The van der Waals surface area contributed by atoms with Crippen LogP contribution in [-0.2, 0) is 4.79 Å². The van der Waals surface area contributed by atoms with Crippen molar-refractivity contribution in [1.82, 2.24) is 10.1 Å². The van der Waals surface area contributed by atoms with E-state index < -0.39 is 6.23 Å². The molecule has 0 saturated carbocycles. The Labute approximate surface area is 178 Å². The smallest absolute Gasteiger partial charge is 0.245 e. The van der Waals surface area contributed by atoms with Gasteiger partial charge in [0.1, 0.15) is 17.9 Å². The maximum atomic E-state index is 11.7. The molecule has 3 aromatic rings. The molecule has 0 bridgehead atoms. The van der Waals surface area contributed by atoms with Gasteiger partial charge < -0.3 is 24.2 Å². The van der Waals surface area contributed by atoms with Crippen molar-refractivity contribution < 1.29 is 19.2 Å². The van der Waals surface area contributed by atoms with Crippen LogP contribution in [0, 0.1) is 5.92 Å². The fourth-order valence-electron chi connectivity index (χ4n) is 4.05. The van der Waals surface area contributed by atoms with E-state index in [2.05, 4.69) is 11.7 Å². The number of hydrogen-bond donors (Lipinski definition) is 1. The average Bonchev–Trinajstić information content (AvgIpc) is 3.15. The number of carbonyl (C=O) groups is 1. The number of aliphatic hydroxyl groups excluding tert-OH is 1. The summed E-state index contributed by atoms with van der Waals surface area (Å²) < 4.78 is 11.3. The molecule has 7 nitrogen and oxygen atoms in total. The number of aromatic nitrogens is 1. The van der Waals surface area contributed by atoms with Gasteiger partial charge in [-0.3, -0.25) is 4.79 Å². The van der Waals surface area contributed by atoms with E-state index in [4.69, 9.17) is 20.9 Å². The molecule has 8 heteroatoms. The fourth-order valence-corrected chi connectivity index (χ4v) is 4.29. The average molecular weight is 426 g/mol. The first-order valence-corrected chi connectivity index (χ1v) is 10.1. The number of ether oxygens (including phenoxy) is 1. The fraction of sp³-hybridized carbons (Fsp3) is 0.273. The molecule has 2 aromatic carbocycles. The predicted octanol–water partition coefficient (Wildman–Crippen LogP) is 3.31. The highest BCUT2D eigenvalue weighted by atomic mass is 35.5. The van der Waals surface area contributed by atoms with Crippen LogP contribution in [0.25, 0.3) is 22.2 Å². The Kier molecular flexibility index (Phi) is 4.64. The summed E-state index contributed by atoms with van der Waals surface area (Å²) in [5.74, 6) is 1.39. The van der Waals surface area contributed by atoms with Crippen molar-refractivity contribution in [1.29, 1.82) is 0 Å². The first-order chi connectivity index (χ1) is 14.5. The van der Waals surface area contributed by atoms with Gasteiger partial charge in [0, 0.05) is 36.5 Å². The number of amides is 1. The van der Waals surface area contributed by atoms with Crippen LogP contribution in [0.1, 0.15) is 0 Å². The normalized spacial score (nSPS) is 18.7. The molecule has 0 spiro atoms. The van der Waals surface area contributed by atoms with Gasteiger partial charge in [0.05, 0.1) is 10.7 Å². The van der Waals surface area contributed by atoms with Gasteiger partial charge in [-0.15, -0.1) is 0 Å². The lowest BCUT2D eigenvalue weighted by Crippen LogP contribution is -2.56. The van der Waals surface area contributed by atoms with Crippen LogP contribution in [0.3, 0.4) is 0 Å². The molecular formula is C22H20ClN3O4. The number of likely N-dealkylation sites (tertiary alicyclic amines) is 1. The Bertz CT molecular complexity index is 1140. The Hall–Kier alpha value is -3.03. The summed E-state index contributed by atoms with van der Waals surface area (Å²) in [6, 6.07) is 11.2. The minimum absolute atomic E-state index is 0.0684. The summed E-state index contributed by atoms with van der Waals surface area (Å²) in [4.78, 5) is 15.3. The number of rotatable bonds is 4. The monoisotopic (exact) mass is 425 g/mol. The van der Waals surface area contributed by atoms with E-state index in [1.54, 1.807) is 11.0 Å². The molecule has 1 fully saturated rings. The van der Waals surface area contributed by atoms with Gasteiger partial charge in [-0.1, -0.05) is 35.5 Å². The van der Waals surface area contributed by atoms with E-state index >= 15 is 0 Å². The van der Waals surface area contributed by atoms with E-state index in [0.717, 1.165) is 16.6 Å². The second-order valence-corrected chi connectivity index (χ2v) is 7.99. The number of halogens is 1. The molecule has 0 radical (unpaired) electrons. The number of benzene rings is 2. The van der Waals surface area contributed by atoms with E-state index in [9.17, 15) is 9.90 Å². The Morgan fingerprint density at radius 3 is 2.93 bits per heavy atom. The number of fused-ring (bicyclic) bond motifs is 2. The van der Waals surface area contributed by atoms with Gasteiger partial charge in [0.15, 0.2) is 12.0 Å². The molecule has 3 heterocycles. The molecule has 5 rings (SSSR count). The maximum absolute atomic E-state index is 11.7. The topological polar surface area (TPSA) is 79.0 Å². The van der Waals surface area contributed by atoms with Gasteiger partial charge in [0.2, 0.25) is 5.91 Å². The summed E-state index contributed by atoms with van der Waals surface area (Å²) in [5.41, 5.74) is 2.16. The van der Waals surface area contributed by atoms with E-state index in [1.165, 1.54) is 6.08 Å². The van der Waals surface area contributed by atoms with E-state index in [0.29, 0.717) is 41.7 Å². The molecule has 2 aliphatic rings. The second kappa shape index (κ2) is 7.34. The number of carbonyl (C=O) groups excluding carboxylic acids is 1. The van der Waals surface area contributed by atoms with Crippen LogP contribution in [0.5, 0.6) is 5.75 Å². The number of hydrogen-bond acceptors (Lipinski definition) is 6. The highest BCUT2D eigenvalue weighted by Crippen LogP contribution is 2.43. The van der Waals surface area contributed by atoms with Crippen LogP contribution in [0.2, 0.25) is 5.02 Å². The third-order valence-electron chi connectivity index (χ3n) is 5.63. The molecule has 1 saturated heterocycles. The third kappa shape index (κ3) is 3.11. The molecule has 154 valence electrons. The van der Waals surface area contributed by atoms with Gasteiger partial charge >= 0.3 is 0 Å². The van der Waals surface area contributed by atoms with Gasteiger partial charge in [-0.2, -0.15) is 0 Å². The van der Waals surface area contributed by atoms with Crippen LogP contribution < -0.4 is 9.64 Å². The van der Waals surface area contributed by atoms with Crippen LogP contribution in [-0.4, -0.2) is 53.5 Å². The Balaban J connectivity index is 1.44. The highest BCUT2D eigenvalue weighted by molar-refractivity contribution is 6.34. The summed E-state index contributed by atoms with van der Waals surface area (Å²) in [6.45, 7) is 5.54. The van der Waals surface area contributed by atoms with Crippen LogP contribution in [0.15, 0.2) is 53.6 Å². The molecule has 2 aliphatic heterocycles. The molecule has 1 atom stereocenters. The van der Waals surface area contributed by atoms with Crippen molar-refractivity contribution in [3.05, 3.63) is 54.1 Å². The standard InChI is InChI=1S/C22H20ClN3O4/c1-2-20(27)25-9-13(10-25)11-26-18-8-16(23)15(7-19(18)29-12-21(26)28)22-14-5-3-4-6-17(14)24-30-22/h2-8,13,21,28H,1,9-12H2. The molecule has 1 N–H and O–H groups in total. The van der Waals surface area contributed by atoms with Crippen LogP contribution in [0.4, 0.5) is 5.69 Å². The van der Waals surface area contributed by atoms with Gasteiger partial charge in [-0.25, -0.2) is 0 Å². The van der Waals surface area contributed by atoms with Gasteiger partial charge in [0.25, 0.3) is 0 Å². The number of nitrogens with zero attached hydrogens (tertiary/aromatic N) is 3. The van der Waals surface area contributed by atoms with Crippen molar-refractivity contribution in [2.45, 2.75) is 6.23 Å². The Morgan fingerprint density at radius 2 is 2.13 bits per heavy atom. The highest BCUT2D eigenvalue weighted by Gasteiger charge is 2.35. The molecule has 30 heavy (non-hydrogen) atoms. The zero-order valence-electron chi connectivity index (χ0n) is 16.1. The molecule has 1 unspecified atom stereocenters. The zero-order valence-corrected chi connectivity index (χ0v) is 16.9. The number of aliphatic hydroxyl groups is 1. The quantitative estimate of drug-likeness (QED) is 0.646. The molecule has 0 aliphatic carbocycles. The van der Waals surface area contributed by atoms with Gasteiger partial charge in [-0.05, 0) is 30.3 Å². The van der Waals surface area contributed by atoms with Crippen molar-refractivity contribution in [2.24, 2.45) is 5.92 Å². The summed E-state index contributed by atoms with van der Waals surface area (Å²) >= 11 is 6.62. The molecule has 1 aromatic heterocycles. The summed E-state index contributed by atoms with van der Waals surface area (Å²) in [5, 5.41) is 16.0. The van der Waals surface area contributed by atoms with Crippen molar-refractivity contribution in [3.8, 4) is 17.1 Å². The van der Waals surface area contributed by atoms with Crippen molar-refractivity contribution >= 4 is 34.1 Å². The SMILES string of the molecule is C=CC(=O)N1CC(CN2c3cc(Cl)c(-c4onc5ccccc45)cc3OCC2O)C1. The predicted molar refractivity (Wildman–Crippen MR) is 114 cm³/mol.